The number of carbonyl (C=O) groups is 2. The second-order valence-electron chi connectivity index (χ2n) is 5.81. The smallest absolute Gasteiger partial charge is 0.325 e. The van der Waals surface area contributed by atoms with Gasteiger partial charge in [-0.15, -0.1) is 11.3 Å². The van der Waals surface area contributed by atoms with Crippen LogP contribution in [0.15, 0.2) is 35.7 Å². The van der Waals surface area contributed by atoms with E-state index in [2.05, 4.69) is 20.9 Å². The van der Waals surface area contributed by atoms with Crippen molar-refractivity contribution in [2.24, 2.45) is 0 Å². The van der Waals surface area contributed by atoms with Gasteiger partial charge in [0.2, 0.25) is 5.91 Å². The van der Waals surface area contributed by atoms with Crippen LogP contribution in [0.2, 0.25) is 0 Å². The Bertz CT molecular complexity index is 696. The van der Waals surface area contributed by atoms with Crippen molar-refractivity contribution in [1.82, 2.24) is 10.3 Å². The molecule has 0 radical (unpaired) electrons. The highest BCUT2D eigenvalue weighted by Crippen LogP contribution is 2.19. The third kappa shape index (κ3) is 4.79. The summed E-state index contributed by atoms with van der Waals surface area (Å²) < 4.78 is 0. The van der Waals surface area contributed by atoms with E-state index in [0.717, 1.165) is 12.8 Å². The number of hydrogen-bond donors (Lipinski definition) is 3. The summed E-state index contributed by atoms with van der Waals surface area (Å²) in [5.74, 6) is -0.00696. The van der Waals surface area contributed by atoms with Crippen LogP contribution >= 0.6 is 11.3 Å². The molecule has 3 rings (SSSR count). The van der Waals surface area contributed by atoms with E-state index in [1.165, 1.54) is 24.2 Å². The highest BCUT2D eigenvalue weighted by molar-refractivity contribution is 7.13. The van der Waals surface area contributed by atoms with Crippen molar-refractivity contribution in [2.45, 2.75) is 38.1 Å². The Labute approximate surface area is 144 Å². The minimum Gasteiger partial charge on any atom is -0.353 e. The van der Waals surface area contributed by atoms with Crippen LogP contribution in [0.1, 0.15) is 31.4 Å². The molecule has 1 heterocycles. The number of aromatic nitrogens is 1. The summed E-state index contributed by atoms with van der Waals surface area (Å²) in [7, 11) is 0. The van der Waals surface area contributed by atoms with Crippen molar-refractivity contribution in [3.63, 3.8) is 0 Å². The summed E-state index contributed by atoms with van der Waals surface area (Å²) in [5.41, 5.74) is 1.38. The number of hydrogen-bond acceptors (Lipinski definition) is 4. The fourth-order valence-corrected chi connectivity index (χ4v) is 3.45. The summed E-state index contributed by atoms with van der Waals surface area (Å²) in [4.78, 5) is 28.2. The molecular weight excluding hydrogens is 324 g/mol. The summed E-state index contributed by atoms with van der Waals surface area (Å²) in [6.45, 7) is 0. The first kappa shape index (κ1) is 16.4. The molecule has 1 aliphatic carbocycles. The minimum atomic E-state index is -0.350. The topological polar surface area (TPSA) is 83.1 Å². The van der Waals surface area contributed by atoms with Crippen LogP contribution in [0, 0.1) is 0 Å². The van der Waals surface area contributed by atoms with Crippen molar-refractivity contribution in [2.75, 3.05) is 10.6 Å². The standard InChI is InChI=1S/C17H20N4O2S/c22-15(18-12-8-4-5-9-12)10-14-11-24-17(20-14)21-16(23)19-13-6-2-1-3-7-13/h1-3,6-7,11-12H,4-5,8-10H2,(H,18,22)(H2,19,20,21,23). The maximum atomic E-state index is 12.0. The predicted molar refractivity (Wildman–Crippen MR) is 95.3 cm³/mol. The van der Waals surface area contributed by atoms with Gasteiger partial charge in [-0.25, -0.2) is 9.78 Å². The Balaban J connectivity index is 1.48. The monoisotopic (exact) mass is 344 g/mol. The molecule has 0 spiro atoms. The molecule has 0 saturated heterocycles. The zero-order chi connectivity index (χ0) is 16.8. The quantitative estimate of drug-likeness (QED) is 0.777. The predicted octanol–water partition coefficient (Wildman–Crippen LogP) is 3.39. The second-order valence-corrected chi connectivity index (χ2v) is 6.67. The molecule has 6 nitrogen and oxygen atoms in total. The van der Waals surface area contributed by atoms with Gasteiger partial charge in [0.1, 0.15) is 0 Å². The molecule has 126 valence electrons. The Morgan fingerprint density at radius 3 is 2.62 bits per heavy atom. The van der Waals surface area contributed by atoms with Crippen molar-refractivity contribution >= 4 is 34.1 Å². The van der Waals surface area contributed by atoms with Crippen LogP contribution in [0.25, 0.3) is 0 Å². The summed E-state index contributed by atoms with van der Waals surface area (Å²) in [6, 6.07) is 9.15. The van der Waals surface area contributed by atoms with Gasteiger partial charge in [0.15, 0.2) is 5.13 Å². The SMILES string of the molecule is O=C(Cc1csc(NC(=O)Nc2ccccc2)n1)NC1CCCC1. The number of thiazole rings is 1. The molecule has 2 aromatic rings. The first-order chi connectivity index (χ1) is 11.7. The molecule has 3 amide bonds. The average Bonchev–Trinajstić information content (AvgIpc) is 3.20. The number of nitrogens with zero attached hydrogens (tertiary/aromatic N) is 1. The van der Waals surface area contributed by atoms with Gasteiger partial charge in [0.05, 0.1) is 12.1 Å². The fourth-order valence-electron chi connectivity index (χ4n) is 2.74. The largest absolute Gasteiger partial charge is 0.353 e. The lowest BCUT2D eigenvalue weighted by Gasteiger charge is -2.10. The molecule has 1 saturated carbocycles. The molecular formula is C17H20N4O2S. The van der Waals surface area contributed by atoms with Crippen molar-refractivity contribution in [3.8, 4) is 0 Å². The van der Waals surface area contributed by atoms with Crippen LogP contribution in [0.3, 0.4) is 0 Å². The summed E-state index contributed by atoms with van der Waals surface area (Å²) in [5, 5.41) is 10.7. The van der Waals surface area contributed by atoms with E-state index < -0.39 is 0 Å². The Kier molecular flexibility index (Phi) is 5.43. The molecule has 1 aromatic heterocycles. The first-order valence-corrected chi connectivity index (χ1v) is 8.94. The minimum absolute atomic E-state index is 0.00696. The average molecular weight is 344 g/mol. The second kappa shape index (κ2) is 7.92. The van der Waals surface area contributed by atoms with E-state index in [-0.39, 0.29) is 18.4 Å². The highest BCUT2D eigenvalue weighted by Gasteiger charge is 2.18. The van der Waals surface area contributed by atoms with Gasteiger partial charge < -0.3 is 10.6 Å². The van der Waals surface area contributed by atoms with Gasteiger partial charge in [0.25, 0.3) is 0 Å². The van der Waals surface area contributed by atoms with Crippen LogP contribution in [-0.2, 0) is 11.2 Å². The zero-order valence-corrected chi connectivity index (χ0v) is 14.1. The molecule has 0 atom stereocenters. The maximum absolute atomic E-state index is 12.0. The number of rotatable bonds is 5. The van der Waals surface area contributed by atoms with Gasteiger partial charge in [-0.2, -0.15) is 0 Å². The van der Waals surface area contributed by atoms with Gasteiger partial charge in [0, 0.05) is 17.1 Å². The number of anilines is 2. The Morgan fingerprint density at radius 1 is 1.12 bits per heavy atom. The van der Waals surface area contributed by atoms with Crippen LogP contribution in [0.4, 0.5) is 15.6 Å². The fraction of sp³-hybridized carbons (Fsp3) is 0.353. The van der Waals surface area contributed by atoms with Gasteiger partial charge >= 0.3 is 6.03 Å². The first-order valence-electron chi connectivity index (χ1n) is 8.06. The summed E-state index contributed by atoms with van der Waals surface area (Å²) in [6.07, 6.45) is 4.75. The maximum Gasteiger partial charge on any atom is 0.325 e. The Hall–Kier alpha value is -2.41. The number of nitrogens with one attached hydrogen (secondary N) is 3. The van der Waals surface area contributed by atoms with E-state index in [0.29, 0.717) is 22.6 Å². The van der Waals surface area contributed by atoms with Crippen LogP contribution in [0.5, 0.6) is 0 Å². The number of urea groups is 1. The number of para-hydroxylation sites is 1. The van der Waals surface area contributed by atoms with E-state index in [9.17, 15) is 9.59 Å². The van der Waals surface area contributed by atoms with Gasteiger partial charge in [-0.3, -0.25) is 10.1 Å². The zero-order valence-electron chi connectivity index (χ0n) is 13.2. The number of amides is 3. The molecule has 1 aromatic carbocycles. The van der Waals surface area contributed by atoms with E-state index in [4.69, 9.17) is 0 Å². The van der Waals surface area contributed by atoms with Crippen molar-refractivity contribution < 1.29 is 9.59 Å². The third-order valence-corrected chi connectivity index (χ3v) is 4.67. The number of carbonyl (C=O) groups excluding carboxylic acids is 2. The molecule has 7 heteroatoms. The molecule has 0 unspecified atom stereocenters. The lowest BCUT2D eigenvalue weighted by atomic mass is 10.2. The van der Waals surface area contributed by atoms with Gasteiger partial charge in [-0.1, -0.05) is 31.0 Å². The van der Waals surface area contributed by atoms with E-state index >= 15 is 0 Å². The lowest BCUT2D eigenvalue weighted by molar-refractivity contribution is -0.121. The van der Waals surface area contributed by atoms with Crippen LogP contribution in [-0.4, -0.2) is 23.0 Å². The lowest BCUT2D eigenvalue weighted by Crippen LogP contribution is -2.33. The normalized spacial score (nSPS) is 14.3. The molecule has 24 heavy (non-hydrogen) atoms. The molecule has 1 fully saturated rings. The number of benzene rings is 1. The molecule has 0 bridgehead atoms. The molecule has 1 aliphatic rings. The van der Waals surface area contributed by atoms with Crippen LogP contribution < -0.4 is 16.0 Å². The molecule has 0 aliphatic heterocycles. The Morgan fingerprint density at radius 2 is 1.88 bits per heavy atom. The van der Waals surface area contributed by atoms with E-state index in [1.54, 1.807) is 17.5 Å². The van der Waals surface area contributed by atoms with Crippen molar-refractivity contribution in [3.05, 3.63) is 41.4 Å². The molecule has 3 N–H and O–H groups in total. The van der Waals surface area contributed by atoms with Crippen molar-refractivity contribution in [1.29, 1.82) is 0 Å². The third-order valence-electron chi connectivity index (χ3n) is 3.87. The van der Waals surface area contributed by atoms with E-state index in [1.807, 2.05) is 18.2 Å². The summed E-state index contributed by atoms with van der Waals surface area (Å²) >= 11 is 1.31. The van der Waals surface area contributed by atoms with Gasteiger partial charge in [-0.05, 0) is 25.0 Å². The highest BCUT2D eigenvalue weighted by atomic mass is 32.1.